The molecule has 3 aromatic rings. The molecular weight excluding hydrogens is 449 g/mol. The van der Waals surface area contributed by atoms with Gasteiger partial charge in [0, 0.05) is 18.1 Å². The number of nitrogens with zero attached hydrogens (tertiary/aromatic N) is 3. The summed E-state index contributed by atoms with van der Waals surface area (Å²) in [7, 11) is 0. The summed E-state index contributed by atoms with van der Waals surface area (Å²) in [5.41, 5.74) is 2.36. The Morgan fingerprint density at radius 1 is 1.10 bits per heavy atom. The number of rotatable bonds is 7. The molecule has 8 heteroatoms. The number of halogens is 3. The number of likely N-dealkylation sites (N-methyl/N-ethyl adjacent to an activating group) is 1. The Hall–Kier alpha value is -1.37. The van der Waals surface area contributed by atoms with Crippen LogP contribution in [0.3, 0.4) is 0 Å². The van der Waals surface area contributed by atoms with Gasteiger partial charge in [-0.25, -0.2) is 4.98 Å². The molecule has 0 aliphatic rings. The van der Waals surface area contributed by atoms with E-state index in [1.165, 1.54) is 11.3 Å². The predicted octanol–water partition coefficient (Wildman–Crippen LogP) is 6.32. The highest BCUT2D eigenvalue weighted by Gasteiger charge is 2.24. The highest BCUT2D eigenvalue weighted by Crippen LogP contribution is 2.34. The van der Waals surface area contributed by atoms with Crippen LogP contribution in [-0.4, -0.2) is 42.0 Å². The van der Waals surface area contributed by atoms with Crippen molar-refractivity contribution in [1.29, 1.82) is 0 Å². The van der Waals surface area contributed by atoms with Gasteiger partial charge < -0.3 is 4.90 Å². The van der Waals surface area contributed by atoms with Crippen LogP contribution in [0.2, 0.25) is 10.0 Å². The van der Waals surface area contributed by atoms with Gasteiger partial charge in [0.2, 0.25) is 0 Å². The minimum Gasteiger partial charge on any atom is -0.302 e. The van der Waals surface area contributed by atoms with Gasteiger partial charge >= 0.3 is 0 Å². The van der Waals surface area contributed by atoms with Crippen LogP contribution < -0.4 is 4.90 Å². The third-order valence-corrected chi connectivity index (χ3v) is 6.33. The molecule has 0 spiro atoms. The molecule has 29 heavy (non-hydrogen) atoms. The van der Waals surface area contributed by atoms with E-state index in [2.05, 4.69) is 18.7 Å². The fourth-order valence-electron chi connectivity index (χ4n) is 3.10. The third-order valence-electron chi connectivity index (χ3n) is 4.75. The number of benzene rings is 2. The summed E-state index contributed by atoms with van der Waals surface area (Å²) >= 11 is 14.0. The summed E-state index contributed by atoms with van der Waals surface area (Å²) in [5.74, 6) is -0.138. The Labute approximate surface area is 191 Å². The average molecular weight is 473 g/mol. The van der Waals surface area contributed by atoms with Crippen molar-refractivity contribution in [3.05, 3.63) is 57.6 Å². The number of anilines is 1. The molecule has 156 valence electrons. The van der Waals surface area contributed by atoms with Gasteiger partial charge in [-0.2, -0.15) is 0 Å². The van der Waals surface area contributed by atoms with Crippen LogP contribution in [0.5, 0.6) is 0 Å². The first-order valence-corrected chi connectivity index (χ1v) is 10.9. The van der Waals surface area contributed by atoms with Crippen LogP contribution in [0, 0.1) is 6.92 Å². The maximum atomic E-state index is 13.3. The maximum absolute atomic E-state index is 13.3. The van der Waals surface area contributed by atoms with Crippen molar-refractivity contribution in [3.8, 4) is 0 Å². The van der Waals surface area contributed by atoms with Crippen LogP contribution in [0.4, 0.5) is 5.13 Å². The minimum atomic E-state index is -0.138. The van der Waals surface area contributed by atoms with Gasteiger partial charge in [0.05, 0.1) is 20.8 Å². The van der Waals surface area contributed by atoms with Crippen LogP contribution in [0.25, 0.3) is 10.2 Å². The summed E-state index contributed by atoms with van der Waals surface area (Å²) in [6, 6.07) is 10.9. The van der Waals surface area contributed by atoms with Crippen molar-refractivity contribution < 1.29 is 4.79 Å². The van der Waals surface area contributed by atoms with Crippen molar-refractivity contribution in [3.63, 3.8) is 0 Å². The molecule has 0 bridgehead atoms. The Balaban J connectivity index is 0.00000300. The lowest BCUT2D eigenvalue weighted by Crippen LogP contribution is -2.39. The van der Waals surface area contributed by atoms with E-state index >= 15 is 0 Å². The van der Waals surface area contributed by atoms with Crippen molar-refractivity contribution >= 4 is 68.2 Å². The van der Waals surface area contributed by atoms with E-state index in [1.807, 2.05) is 31.2 Å². The molecule has 0 atom stereocenters. The molecule has 0 aliphatic heterocycles. The molecule has 0 radical (unpaired) electrons. The lowest BCUT2D eigenvalue weighted by molar-refractivity contribution is 0.0984. The first-order chi connectivity index (χ1) is 13.4. The summed E-state index contributed by atoms with van der Waals surface area (Å²) in [5, 5.41) is 1.78. The summed E-state index contributed by atoms with van der Waals surface area (Å²) < 4.78 is 0.972. The monoisotopic (exact) mass is 471 g/mol. The van der Waals surface area contributed by atoms with Gasteiger partial charge in [0.15, 0.2) is 5.13 Å². The molecular formula is C21H24Cl3N3OS. The highest BCUT2D eigenvalue weighted by molar-refractivity contribution is 7.22. The van der Waals surface area contributed by atoms with E-state index in [1.54, 1.807) is 17.0 Å². The molecule has 0 N–H and O–H groups in total. The van der Waals surface area contributed by atoms with E-state index in [0.717, 1.165) is 35.4 Å². The average Bonchev–Trinajstić information content (AvgIpc) is 3.09. The number of carbonyl (C=O) groups is 1. The third kappa shape index (κ3) is 5.41. The predicted molar refractivity (Wildman–Crippen MR) is 128 cm³/mol. The fraction of sp³-hybridized carbons (Fsp3) is 0.333. The molecule has 3 rings (SSSR count). The van der Waals surface area contributed by atoms with Gasteiger partial charge in [-0.3, -0.25) is 9.69 Å². The molecule has 0 aliphatic carbocycles. The molecule has 1 heterocycles. The highest BCUT2D eigenvalue weighted by atomic mass is 35.5. The summed E-state index contributed by atoms with van der Waals surface area (Å²) in [6.45, 7) is 9.38. The van der Waals surface area contributed by atoms with Crippen molar-refractivity contribution in [1.82, 2.24) is 9.88 Å². The number of fused-ring (bicyclic) bond motifs is 1. The van der Waals surface area contributed by atoms with Crippen LogP contribution in [-0.2, 0) is 0 Å². The van der Waals surface area contributed by atoms with Crippen molar-refractivity contribution in [2.45, 2.75) is 20.8 Å². The van der Waals surface area contributed by atoms with E-state index in [9.17, 15) is 4.79 Å². The quantitative estimate of drug-likeness (QED) is 0.403. The van der Waals surface area contributed by atoms with E-state index < -0.39 is 0 Å². The van der Waals surface area contributed by atoms with Gasteiger partial charge in [0.25, 0.3) is 5.91 Å². The molecule has 4 nitrogen and oxygen atoms in total. The second kappa shape index (κ2) is 10.6. The van der Waals surface area contributed by atoms with Gasteiger partial charge in [-0.05, 0) is 49.8 Å². The van der Waals surface area contributed by atoms with Crippen LogP contribution >= 0.6 is 46.9 Å². The number of carbonyl (C=O) groups excluding carboxylic acids is 1. The normalized spacial score (nSPS) is 11.0. The fourth-order valence-corrected chi connectivity index (χ4v) is 4.76. The topological polar surface area (TPSA) is 36.4 Å². The molecule has 0 saturated carbocycles. The summed E-state index contributed by atoms with van der Waals surface area (Å²) in [4.78, 5) is 22.1. The zero-order valence-corrected chi connectivity index (χ0v) is 19.8. The minimum absolute atomic E-state index is 0. The number of aryl methyl sites for hydroxylation is 1. The molecule has 2 aromatic carbocycles. The van der Waals surface area contributed by atoms with Crippen LogP contribution in [0.15, 0.2) is 36.4 Å². The largest absolute Gasteiger partial charge is 0.302 e. The number of hydrogen-bond acceptors (Lipinski definition) is 4. The Bertz CT molecular complexity index is 988. The van der Waals surface area contributed by atoms with Crippen LogP contribution in [0.1, 0.15) is 29.8 Å². The molecule has 0 saturated heterocycles. The van der Waals surface area contributed by atoms with E-state index in [0.29, 0.717) is 27.3 Å². The second-order valence-electron chi connectivity index (χ2n) is 6.53. The number of hydrogen-bond donors (Lipinski definition) is 0. The van der Waals surface area contributed by atoms with Crippen molar-refractivity contribution in [2.24, 2.45) is 0 Å². The molecule has 0 fully saturated rings. The van der Waals surface area contributed by atoms with Gasteiger partial charge in [0.1, 0.15) is 0 Å². The Morgan fingerprint density at radius 2 is 1.79 bits per heavy atom. The first-order valence-electron chi connectivity index (χ1n) is 9.30. The lowest BCUT2D eigenvalue weighted by Gasteiger charge is -2.25. The zero-order chi connectivity index (χ0) is 20.3. The number of aromatic nitrogens is 1. The molecule has 1 amide bonds. The maximum Gasteiger partial charge on any atom is 0.261 e. The van der Waals surface area contributed by atoms with Gasteiger partial charge in [-0.1, -0.05) is 60.5 Å². The molecule has 1 aromatic heterocycles. The first kappa shape index (κ1) is 23.9. The second-order valence-corrected chi connectivity index (χ2v) is 8.38. The number of thiazole rings is 1. The summed E-state index contributed by atoms with van der Waals surface area (Å²) in [6.07, 6.45) is 0. The smallest absolute Gasteiger partial charge is 0.261 e. The van der Waals surface area contributed by atoms with Gasteiger partial charge in [-0.15, -0.1) is 12.4 Å². The standard InChI is InChI=1S/C21H23Cl2N3OS.ClH/c1-4-25(5-2)10-11-26(20(27)16-8-6-7-9-17(16)23)21-24-19-14(3)12-15(22)13-18(19)28-21;/h6-9,12-13H,4-5,10-11H2,1-3H3;1H. The lowest BCUT2D eigenvalue weighted by atomic mass is 10.2. The Morgan fingerprint density at radius 3 is 2.45 bits per heavy atom. The molecule has 0 unspecified atom stereocenters. The number of amides is 1. The SMILES string of the molecule is CCN(CC)CCN(C(=O)c1ccccc1Cl)c1nc2c(C)cc(Cl)cc2s1.Cl. The zero-order valence-electron chi connectivity index (χ0n) is 16.6. The van der Waals surface area contributed by atoms with E-state index in [-0.39, 0.29) is 18.3 Å². The van der Waals surface area contributed by atoms with E-state index in [4.69, 9.17) is 28.2 Å². The van der Waals surface area contributed by atoms with Crippen molar-refractivity contribution in [2.75, 3.05) is 31.1 Å². The Kier molecular flexibility index (Phi) is 8.73.